The standard InChI is InChI=1S/C19H17NO2/c1-21-13-9-11-14(12-10-13)22-19-15-5-2-3-7-17(15)20-18-8-4-6-16(18)19/h2-3,5,7,9-12H,4,6,8H2,1H3. The maximum atomic E-state index is 6.24. The number of ether oxygens (including phenoxy) is 2. The fourth-order valence-electron chi connectivity index (χ4n) is 3.05. The van der Waals surface area contributed by atoms with Crippen molar-refractivity contribution >= 4 is 10.9 Å². The largest absolute Gasteiger partial charge is 0.497 e. The quantitative estimate of drug-likeness (QED) is 0.710. The number of hydrogen-bond acceptors (Lipinski definition) is 3. The molecule has 0 aliphatic heterocycles. The number of hydrogen-bond donors (Lipinski definition) is 0. The average Bonchev–Trinajstić information content (AvgIpc) is 3.03. The van der Waals surface area contributed by atoms with Gasteiger partial charge in [-0.3, -0.25) is 4.98 Å². The zero-order valence-corrected chi connectivity index (χ0v) is 12.5. The van der Waals surface area contributed by atoms with Crippen LogP contribution >= 0.6 is 0 Å². The second-order valence-electron chi connectivity index (χ2n) is 5.51. The number of fused-ring (bicyclic) bond motifs is 2. The van der Waals surface area contributed by atoms with Gasteiger partial charge in [-0.25, -0.2) is 0 Å². The van der Waals surface area contributed by atoms with Crippen LogP contribution in [0.4, 0.5) is 0 Å². The monoisotopic (exact) mass is 291 g/mol. The first-order valence-electron chi connectivity index (χ1n) is 7.57. The van der Waals surface area contributed by atoms with Gasteiger partial charge in [-0.15, -0.1) is 0 Å². The van der Waals surface area contributed by atoms with Crippen molar-refractivity contribution < 1.29 is 9.47 Å². The molecule has 0 fully saturated rings. The van der Waals surface area contributed by atoms with Crippen molar-refractivity contribution in [2.75, 3.05) is 7.11 Å². The predicted molar refractivity (Wildman–Crippen MR) is 86.8 cm³/mol. The van der Waals surface area contributed by atoms with Crippen molar-refractivity contribution in [3.05, 3.63) is 59.8 Å². The molecule has 3 aromatic rings. The minimum Gasteiger partial charge on any atom is -0.497 e. The minimum absolute atomic E-state index is 0.825. The van der Waals surface area contributed by atoms with Crippen molar-refractivity contribution in [1.82, 2.24) is 4.98 Å². The Morgan fingerprint density at radius 2 is 1.68 bits per heavy atom. The van der Waals surface area contributed by atoms with Gasteiger partial charge < -0.3 is 9.47 Å². The highest BCUT2D eigenvalue weighted by atomic mass is 16.5. The highest BCUT2D eigenvalue weighted by molar-refractivity contribution is 5.87. The molecule has 3 heteroatoms. The summed E-state index contributed by atoms with van der Waals surface area (Å²) in [6.45, 7) is 0. The molecule has 0 unspecified atom stereocenters. The molecule has 0 saturated carbocycles. The molecule has 0 atom stereocenters. The number of nitrogens with zero attached hydrogens (tertiary/aromatic N) is 1. The van der Waals surface area contributed by atoms with Gasteiger partial charge in [0.1, 0.15) is 17.2 Å². The van der Waals surface area contributed by atoms with Crippen LogP contribution in [0.1, 0.15) is 17.7 Å². The summed E-state index contributed by atoms with van der Waals surface area (Å²) < 4.78 is 11.4. The van der Waals surface area contributed by atoms with Gasteiger partial charge in [0.15, 0.2) is 0 Å². The fraction of sp³-hybridized carbons (Fsp3) is 0.211. The molecule has 0 spiro atoms. The summed E-state index contributed by atoms with van der Waals surface area (Å²) >= 11 is 0. The van der Waals surface area contributed by atoms with Gasteiger partial charge in [-0.05, 0) is 55.7 Å². The molecular formula is C19H17NO2. The van der Waals surface area contributed by atoms with Gasteiger partial charge in [0.25, 0.3) is 0 Å². The van der Waals surface area contributed by atoms with Crippen LogP contribution in [-0.4, -0.2) is 12.1 Å². The number of rotatable bonds is 3. The fourth-order valence-corrected chi connectivity index (χ4v) is 3.05. The zero-order valence-electron chi connectivity index (χ0n) is 12.5. The summed E-state index contributed by atoms with van der Waals surface area (Å²) in [7, 11) is 1.67. The van der Waals surface area contributed by atoms with Crippen LogP contribution < -0.4 is 9.47 Å². The smallest absolute Gasteiger partial charge is 0.141 e. The molecule has 0 radical (unpaired) electrons. The van der Waals surface area contributed by atoms with E-state index >= 15 is 0 Å². The Kier molecular flexibility index (Phi) is 3.19. The number of methoxy groups -OCH3 is 1. The molecular weight excluding hydrogens is 274 g/mol. The summed E-state index contributed by atoms with van der Waals surface area (Å²) in [5, 5.41) is 1.08. The van der Waals surface area contributed by atoms with E-state index in [4.69, 9.17) is 14.5 Å². The summed E-state index contributed by atoms with van der Waals surface area (Å²) in [5.74, 6) is 2.62. The van der Waals surface area contributed by atoms with E-state index in [1.54, 1.807) is 7.11 Å². The lowest BCUT2D eigenvalue weighted by Gasteiger charge is -2.14. The van der Waals surface area contributed by atoms with E-state index in [0.717, 1.165) is 47.4 Å². The molecule has 0 bridgehead atoms. The van der Waals surface area contributed by atoms with Gasteiger partial charge in [0, 0.05) is 16.6 Å². The van der Waals surface area contributed by atoms with Gasteiger partial charge >= 0.3 is 0 Å². The van der Waals surface area contributed by atoms with Gasteiger partial charge in [0.05, 0.1) is 12.6 Å². The molecule has 0 saturated heterocycles. The molecule has 110 valence electrons. The third kappa shape index (κ3) is 2.19. The molecule has 1 heterocycles. The Morgan fingerprint density at radius 3 is 2.50 bits per heavy atom. The lowest BCUT2D eigenvalue weighted by Crippen LogP contribution is -1.96. The average molecular weight is 291 g/mol. The van der Waals surface area contributed by atoms with E-state index in [1.807, 2.05) is 36.4 Å². The van der Waals surface area contributed by atoms with Crippen molar-refractivity contribution in [2.24, 2.45) is 0 Å². The predicted octanol–water partition coefficient (Wildman–Crippen LogP) is 4.52. The van der Waals surface area contributed by atoms with Crippen LogP contribution in [-0.2, 0) is 12.8 Å². The zero-order chi connectivity index (χ0) is 14.9. The number of aromatic nitrogens is 1. The van der Waals surface area contributed by atoms with E-state index in [2.05, 4.69) is 12.1 Å². The molecule has 1 aliphatic rings. The normalized spacial score (nSPS) is 13.1. The number of para-hydroxylation sites is 1. The number of benzene rings is 2. The van der Waals surface area contributed by atoms with Crippen LogP contribution in [0.15, 0.2) is 48.5 Å². The third-order valence-corrected chi connectivity index (χ3v) is 4.15. The third-order valence-electron chi connectivity index (χ3n) is 4.15. The molecule has 3 nitrogen and oxygen atoms in total. The SMILES string of the molecule is COc1ccc(Oc2c3c(nc4ccccc24)CCC3)cc1. The highest BCUT2D eigenvalue weighted by Crippen LogP contribution is 2.38. The van der Waals surface area contributed by atoms with Crippen LogP contribution in [0.5, 0.6) is 17.2 Å². The molecule has 2 aromatic carbocycles. The lowest BCUT2D eigenvalue weighted by atomic mass is 10.1. The summed E-state index contributed by atoms with van der Waals surface area (Å²) in [6.07, 6.45) is 3.23. The summed E-state index contributed by atoms with van der Waals surface area (Å²) in [5.41, 5.74) is 3.45. The minimum atomic E-state index is 0.825. The Labute approximate surface area is 129 Å². The van der Waals surface area contributed by atoms with Gasteiger partial charge in [-0.2, -0.15) is 0 Å². The molecule has 1 aliphatic carbocycles. The van der Waals surface area contributed by atoms with Gasteiger partial charge in [-0.1, -0.05) is 12.1 Å². The van der Waals surface area contributed by atoms with Gasteiger partial charge in [0.2, 0.25) is 0 Å². The second-order valence-corrected chi connectivity index (χ2v) is 5.51. The number of pyridine rings is 1. The highest BCUT2D eigenvalue weighted by Gasteiger charge is 2.21. The Balaban J connectivity index is 1.82. The van der Waals surface area contributed by atoms with Crippen molar-refractivity contribution in [3.8, 4) is 17.2 Å². The summed E-state index contributed by atoms with van der Waals surface area (Å²) in [4.78, 5) is 4.79. The molecule has 1 aromatic heterocycles. The van der Waals surface area contributed by atoms with E-state index in [9.17, 15) is 0 Å². The van der Waals surface area contributed by atoms with E-state index in [-0.39, 0.29) is 0 Å². The maximum absolute atomic E-state index is 6.24. The van der Waals surface area contributed by atoms with Crippen molar-refractivity contribution in [3.63, 3.8) is 0 Å². The summed E-state index contributed by atoms with van der Waals surface area (Å²) in [6, 6.07) is 15.9. The Morgan fingerprint density at radius 1 is 0.909 bits per heavy atom. The topological polar surface area (TPSA) is 31.4 Å². The van der Waals surface area contributed by atoms with Crippen LogP contribution in [0.25, 0.3) is 10.9 Å². The first-order chi connectivity index (χ1) is 10.8. The molecule has 4 rings (SSSR count). The molecule has 0 N–H and O–H groups in total. The number of aryl methyl sites for hydroxylation is 1. The first-order valence-corrected chi connectivity index (χ1v) is 7.57. The van der Waals surface area contributed by atoms with Crippen molar-refractivity contribution in [1.29, 1.82) is 0 Å². The maximum Gasteiger partial charge on any atom is 0.141 e. The van der Waals surface area contributed by atoms with Crippen LogP contribution in [0.3, 0.4) is 0 Å². The Hall–Kier alpha value is -2.55. The van der Waals surface area contributed by atoms with Crippen molar-refractivity contribution in [2.45, 2.75) is 19.3 Å². The van der Waals surface area contributed by atoms with E-state index in [1.165, 1.54) is 11.3 Å². The molecule has 22 heavy (non-hydrogen) atoms. The second kappa shape index (κ2) is 5.34. The van der Waals surface area contributed by atoms with E-state index in [0.29, 0.717) is 0 Å². The molecule has 0 amide bonds. The van der Waals surface area contributed by atoms with Crippen LogP contribution in [0, 0.1) is 0 Å². The Bertz CT molecular complexity index is 825. The lowest BCUT2D eigenvalue weighted by molar-refractivity contribution is 0.413. The first kappa shape index (κ1) is 13.1. The van der Waals surface area contributed by atoms with Crippen LogP contribution in [0.2, 0.25) is 0 Å². The van der Waals surface area contributed by atoms with E-state index < -0.39 is 0 Å².